The number of carbonyl (C=O) groups excluding carboxylic acids is 1. The van der Waals surface area contributed by atoms with Gasteiger partial charge in [0, 0.05) is 10.8 Å². The standard InChI is InChI=1S/C21H21NO4S/c1-24-18-11-7-6-10-17(18)22-21(23)16-12-19(25-2)14-8-4-5-9-15(14)20(16)26-13-27-3/h4-12H,13H2,1-3H3,(H,22,23). The lowest BCUT2D eigenvalue weighted by Crippen LogP contribution is -2.15. The maximum Gasteiger partial charge on any atom is 0.259 e. The minimum Gasteiger partial charge on any atom is -0.496 e. The second-order valence-electron chi connectivity index (χ2n) is 5.71. The van der Waals surface area contributed by atoms with E-state index in [9.17, 15) is 4.79 Å². The van der Waals surface area contributed by atoms with Crippen LogP contribution in [0.4, 0.5) is 5.69 Å². The highest BCUT2D eigenvalue weighted by molar-refractivity contribution is 7.98. The Morgan fingerprint density at radius 1 is 0.963 bits per heavy atom. The molecule has 1 amide bonds. The monoisotopic (exact) mass is 383 g/mol. The summed E-state index contributed by atoms with van der Waals surface area (Å²) in [5.74, 6) is 1.89. The van der Waals surface area contributed by atoms with Gasteiger partial charge in [-0.1, -0.05) is 36.4 Å². The van der Waals surface area contributed by atoms with Crippen molar-refractivity contribution >= 4 is 34.1 Å². The highest BCUT2D eigenvalue weighted by Gasteiger charge is 2.20. The van der Waals surface area contributed by atoms with Gasteiger partial charge in [-0.2, -0.15) is 0 Å². The lowest BCUT2D eigenvalue weighted by atomic mass is 10.0. The fourth-order valence-corrected chi connectivity index (χ4v) is 3.10. The van der Waals surface area contributed by atoms with Gasteiger partial charge in [0.2, 0.25) is 0 Å². The minimum atomic E-state index is -0.292. The third-order valence-electron chi connectivity index (χ3n) is 4.10. The normalized spacial score (nSPS) is 10.5. The Hall–Kier alpha value is -2.86. The average molecular weight is 383 g/mol. The molecule has 0 bridgehead atoms. The van der Waals surface area contributed by atoms with Gasteiger partial charge in [0.05, 0.1) is 25.5 Å². The first-order valence-corrected chi connectivity index (χ1v) is 9.74. The van der Waals surface area contributed by atoms with E-state index in [1.807, 2.05) is 42.7 Å². The van der Waals surface area contributed by atoms with Gasteiger partial charge in [0.1, 0.15) is 23.2 Å². The van der Waals surface area contributed by atoms with Crippen molar-refractivity contribution in [3.8, 4) is 17.2 Å². The number of amides is 1. The third-order valence-corrected chi connectivity index (χ3v) is 4.45. The number of rotatable bonds is 7. The number of para-hydroxylation sites is 2. The molecule has 0 aliphatic carbocycles. The molecule has 0 unspecified atom stereocenters. The molecule has 5 nitrogen and oxygen atoms in total. The average Bonchev–Trinajstić information content (AvgIpc) is 2.71. The van der Waals surface area contributed by atoms with E-state index in [-0.39, 0.29) is 5.91 Å². The van der Waals surface area contributed by atoms with Crippen molar-refractivity contribution in [2.45, 2.75) is 0 Å². The first kappa shape index (κ1) is 18.9. The molecule has 3 rings (SSSR count). The molecule has 1 N–H and O–H groups in total. The van der Waals surface area contributed by atoms with E-state index in [0.717, 1.165) is 10.8 Å². The Labute approximate surface area is 162 Å². The van der Waals surface area contributed by atoms with Crippen molar-refractivity contribution in [3.05, 3.63) is 60.2 Å². The molecule has 0 saturated heterocycles. The van der Waals surface area contributed by atoms with Gasteiger partial charge in [0.25, 0.3) is 5.91 Å². The van der Waals surface area contributed by atoms with Crippen molar-refractivity contribution in [2.24, 2.45) is 0 Å². The van der Waals surface area contributed by atoms with Crippen molar-refractivity contribution in [2.75, 3.05) is 31.7 Å². The summed E-state index contributed by atoms with van der Waals surface area (Å²) in [6, 6.07) is 16.7. The number of methoxy groups -OCH3 is 2. The second kappa shape index (κ2) is 8.68. The molecule has 0 heterocycles. The van der Waals surface area contributed by atoms with E-state index in [1.54, 1.807) is 44.2 Å². The summed E-state index contributed by atoms with van der Waals surface area (Å²) in [6.07, 6.45) is 1.94. The van der Waals surface area contributed by atoms with Crippen molar-refractivity contribution in [1.82, 2.24) is 0 Å². The molecule has 0 saturated carbocycles. The van der Waals surface area contributed by atoms with E-state index in [2.05, 4.69) is 5.32 Å². The molecule has 0 aliphatic heterocycles. The fraction of sp³-hybridized carbons (Fsp3) is 0.190. The quantitative estimate of drug-likeness (QED) is 0.594. The van der Waals surface area contributed by atoms with Crippen LogP contribution in [0.15, 0.2) is 54.6 Å². The summed E-state index contributed by atoms with van der Waals surface area (Å²) in [7, 11) is 3.16. The minimum absolute atomic E-state index is 0.292. The van der Waals surface area contributed by atoms with Gasteiger partial charge in [0.15, 0.2) is 0 Å². The summed E-state index contributed by atoms with van der Waals surface area (Å²) in [5, 5.41) is 4.63. The van der Waals surface area contributed by atoms with Crippen molar-refractivity contribution in [1.29, 1.82) is 0 Å². The van der Waals surface area contributed by atoms with Crippen LogP contribution >= 0.6 is 11.8 Å². The Morgan fingerprint density at radius 3 is 2.33 bits per heavy atom. The van der Waals surface area contributed by atoms with E-state index < -0.39 is 0 Å². The van der Waals surface area contributed by atoms with E-state index in [4.69, 9.17) is 14.2 Å². The first-order chi connectivity index (χ1) is 13.2. The molecule has 3 aromatic rings. The van der Waals surface area contributed by atoms with Gasteiger partial charge in [-0.25, -0.2) is 0 Å². The van der Waals surface area contributed by atoms with Crippen LogP contribution in [0.3, 0.4) is 0 Å². The van der Waals surface area contributed by atoms with Gasteiger partial charge in [-0.05, 0) is 24.5 Å². The summed E-state index contributed by atoms with van der Waals surface area (Å²) in [6.45, 7) is 0. The summed E-state index contributed by atoms with van der Waals surface area (Å²) in [4.78, 5) is 13.1. The Morgan fingerprint density at radius 2 is 1.63 bits per heavy atom. The maximum atomic E-state index is 13.1. The zero-order valence-electron chi connectivity index (χ0n) is 15.4. The smallest absolute Gasteiger partial charge is 0.259 e. The van der Waals surface area contributed by atoms with Crippen LogP contribution in [-0.4, -0.2) is 32.3 Å². The van der Waals surface area contributed by atoms with Crippen LogP contribution in [-0.2, 0) is 0 Å². The molecule has 0 aliphatic rings. The predicted molar refractivity (Wildman–Crippen MR) is 110 cm³/mol. The lowest BCUT2D eigenvalue weighted by Gasteiger charge is -2.17. The molecular weight excluding hydrogens is 362 g/mol. The molecule has 0 aromatic heterocycles. The number of nitrogens with one attached hydrogen (secondary N) is 1. The van der Waals surface area contributed by atoms with E-state index in [1.165, 1.54) is 0 Å². The molecule has 27 heavy (non-hydrogen) atoms. The number of benzene rings is 3. The molecule has 0 atom stereocenters. The topological polar surface area (TPSA) is 56.8 Å². The maximum absolute atomic E-state index is 13.1. The number of hydrogen-bond acceptors (Lipinski definition) is 5. The highest BCUT2D eigenvalue weighted by atomic mass is 32.2. The number of carbonyl (C=O) groups is 1. The van der Waals surface area contributed by atoms with Crippen LogP contribution in [0.2, 0.25) is 0 Å². The van der Waals surface area contributed by atoms with Gasteiger partial charge < -0.3 is 19.5 Å². The van der Waals surface area contributed by atoms with E-state index >= 15 is 0 Å². The van der Waals surface area contributed by atoms with Gasteiger partial charge in [-0.15, -0.1) is 11.8 Å². The number of ether oxygens (including phenoxy) is 3. The summed E-state index contributed by atoms with van der Waals surface area (Å²) in [5.41, 5.74) is 0.999. The van der Waals surface area contributed by atoms with Crippen molar-refractivity contribution < 1.29 is 19.0 Å². The summed E-state index contributed by atoms with van der Waals surface area (Å²) >= 11 is 1.54. The predicted octanol–water partition coefficient (Wildman–Crippen LogP) is 4.81. The molecule has 3 aromatic carbocycles. The zero-order chi connectivity index (χ0) is 19.2. The van der Waals surface area contributed by atoms with Crippen LogP contribution in [0.25, 0.3) is 10.8 Å². The number of fused-ring (bicyclic) bond motifs is 1. The molecule has 6 heteroatoms. The number of hydrogen-bond donors (Lipinski definition) is 1. The fourth-order valence-electron chi connectivity index (χ4n) is 2.86. The summed E-state index contributed by atoms with van der Waals surface area (Å²) < 4.78 is 16.8. The third kappa shape index (κ3) is 3.95. The Bertz CT molecular complexity index is 958. The van der Waals surface area contributed by atoms with Gasteiger partial charge >= 0.3 is 0 Å². The molecule has 0 spiro atoms. The zero-order valence-corrected chi connectivity index (χ0v) is 16.3. The SMILES string of the molecule is COc1ccccc1NC(=O)c1cc(OC)c2ccccc2c1OCSC. The second-order valence-corrected chi connectivity index (χ2v) is 6.52. The molecular formula is C21H21NO4S. The van der Waals surface area contributed by atoms with Crippen LogP contribution in [0, 0.1) is 0 Å². The molecule has 0 radical (unpaired) electrons. The van der Waals surface area contributed by atoms with Crippen LogP contribution in [0.5, 0.6) is 17.2 Å². The van der Waals surface area contributed by atoms with E-state index in [0.29, 0.717) is 34.4 Å². The number of thioether (sulfide) groups is 1. The molecule has 0 fully saturated rings. The van der Waals surface area contributed by atoms with Gasteiger partial charge in [-0.3, -0.25) is 4.79 Å². The first-order valence-electron chi connectivity index (χ1n) is 8.35. The Balaban J connectivity index is 2.09. The van der Waals surface area contributed by atoms with Crippen LogP contribution in [0.1, 0.15) is 10.4 Å². The van der Waals surface area contributed by atoms with Crippen LogP contribution < -0.4 is 19.5 Å². The Kier molecular flexibility index (Phi) is 6.08. The largest absolute Gasteiger partial charge is 0.496 e. The van der Waals surface area contributed by atoms with Crippen molar-refractivity contribution in [3.63, 3.8) is 0 Å². The molecule has 140 valence electrons. The number of anilines is 1. The highest BCUT2D eigenvalue weighted by Crippen LogP contribution is 2.38. The lowest BCUT2D eigenvalue weighted by molar-refractivity contribution is 0.102.